The van der Waals surface area contributed by atoms with Crippen LogP contribution in [0.1, 0.15) is 43.1 Å². The van der Waals surface area contributed by atoms with Gasteiger partial charge in [0.25, 0.3) is 0 Å². The van der Waals surface area contributed by atoms with Crippen LogP contribution in [0.2, 0.25) is 0 Å². The third-order valence-corrected chi connectivity index (χ3v) is 5.14. The molecule has 0 aliphatic rings. The highest BCUT2D eigenvalue weighted by Gasteiger charge is 2.22. The second-order valence-corrected chi connectivity index (χ2v) is 7.89. The predicted octanol–water partition coefficient (Wildman–Crippen LogP) is 4.65. The molecule has 1 unspecified atom stereocenters. The number of rotatable bonds is 9. The molecule has 29 heavy (non-hydrogen) atoms. The number of H-pyrrole nitrogens is 1. The highest BCUT2D eigenvalue weighted by atomic mass is 32.2. The molecule has 0 saturated heterocycles. The van der Waals surface area contributed by atoms with E-state index in [9.17, 15) is 13.9 Å². The number of aliphatic hydroxyl groups excluding tert-OH is 1. The number of aromatic amines is 1. The van der Waals surface area contributed by atoms with Gasteiger partial charge >= 0.3 is 0 Å². The Morgan fingerprint density at radius 1 is 1.17 bits per heavy atom. The van der Waals surface area contributed by atoms with Crippen molar-refractivity contribution in [2.24, 2.45) is 0 Å². The fourth-order valence-electron chi connectivity index (χ4n) is 2.85. The number of ether oxygens (including phenoxy) is 1. The van der Waals surface area contributed by atoms with E-state index in [1.807, 2.05) is 32.0 Å². The molecule has 0 aliphatic carbocycles. The molecule has 2 aromatic heterocycles. The Bertz CT molecular complexity index is 915. The van der Waals surface area contributed by atoms with Crippen LogP contribution in [0.5, 0.6) is 0 Å². The van der Waals surface area contributed by atoms with Crippen molar-refractivity contribution in [1.29, 1.82) is 0 Å². The van der Waals surface area contributed by atoms with Crippen LogP contribution in [0.15, 0.2) is 52.5 Å². The molecule has 3 rings (SSSR count). The van der Waals surface area contributed by atoms with Crippen molar-refractivity contribution in [3.63, 3.8) is 0 Å². The van der Waals surface area contributed by atoms with Crippen LogP contribution in [0, 0.1) is 11.6 Å². The fraction of sp³-hybridized carbons (Fsp3) is 0.333. The molecule has 1 aromatic carbocycles. The summed E-state index contributed by atoms with van der Waals surface area (Å²) in [5.41, 5.74) is 1.62. The normalized spacial score (nSPS) is 12.5. The Kier molecular flexibility index (Phi) is 7.35. The second kappa shape index (κ2) is 9.96. The Balaban J connectivity index is 1.91. The first-order valence-corrected chi connectivity index (χ1v) is 10.1. The number of hydrogen-bond donors (Lipinski definition) is 2. The molecule has 0 amide bonds. The van der Waals surface area contributed by atoms with Crippen LogP contribution in [-0.2, 0) is 11.2 Å². The van der Waals surface area contributed by atoms with E-state index in [-0.39, 0.29) is 19.1 Å². The smallest absolute Gasteiger partial charge is 0.136 e. The van der Waals surface area contributed by atoms with Gasteiger partial charge in [-0.2, -0.15) is 0 Å². The minimum atomic E-state index is -0.627. The van der Waals surface area contributed by atoms with Crippen LogP contribution in [0.25, 0.3) is 0 Å². The number of pyridine rings is 1. The zero-order valence-corrected chi connectivity index (χ0v) is 17.0. The number of imidazole rings is 1. The van der Waals surface area contributed by atoms with E-state index >= 15 is 0 Å². The minimum absolute atomic E-state index is 0.0919. The number of benzene rings is 1. The van der Waals surface area contributed by atoms with Gasteiger partial charge in [0.05, 0.1) is 18.9 Å². The zero-order valence-electron chi connectivity index (χ0n) is 16.2. The predicted molar refractivity (Wildman–Crippen MR) is 107 cm³/mol. The van der Waals surface area contributed by atoms with E-state index in [1.165, 1.54) is 23.9 Å². The SMILES string of the molecule is CC(C)c1nc(C(Cc2ccccn2)OCCO)[nH]c1Sc1cc(F)cc(F)c1. The highest BCUT2D eigenvalue weighted by molar-refractivity contribution is 7.99. The van der Waals surface area contributed by atoms with E-state index in [2.05, 4.69) is 9.97 Å². The molecule has 0 spiro atoms. The van der Waals surface area contributed by atoms with Crippen molar-refractivity contribution < 1.29 is 18.6 Å². The van der Waals surface area contributed by atoms with E-state index in [0.717, 1.165) is 17.5 Å². The number of aliphatic hydroxyl groups is 1. The van der Waals surface area contributed by atoms with Crippen LogP contribution >= 0.6 is 11.8 Å². The molecule has 8 heteroatoms. The summed E-state index contributed by atoms with van der Waals surface area (Å²) >= 11 is 1.22. The molecule has 5 nitrogen and oxygen atoms in total. The van der Waals surface area contributed by atoms with Crippen LogP contribution in [0.4, 0.5) is 8.78 Å². The van der Waals surface area contributed by atoms with E-state index in [4.69, 9.17) is 9.72 Å². The molecule has 3 aromatic rings. The van der Waals surface area contributed by atoms with Gasteiger partial charge in [-0.15, -0.1) is 0 Å². The first-order chi connectivity index (χ1) is 14.0. The minimum Gasteiger partial charge on any atom is -0.394 e. The zero-order chi connectivity index (χ0) is 20.8. The van der Waals surface area contributed by atoms with Gasteiger partial charge in [0.2, 0.25) is 0 Å². The lowest BCUT2D eigenvalue weighted by molar-refractivity contribution is 0.0229. The molecule has 0 aliphatic heterocycles. The van der Waals surface area contributed by atoms with Gasteiger partial charge in [-0.05, 0) is 30.2 Å². The average molecular weight is 419 g/mol. The van der Waals surface area contributed by atoms with E-state index in [1.54, 1.807) is 6.20 Å². The van der Waals surface area contributed by atoms with Gasteiger partial charge in [0.1, 0.15) is 28.6 Å². The number of nitrogens with zero attached hydrogens (tertiary/aromatic N) is 2. The maximum Gasteiger partial charge on any atom is 0.136 e. The molecule has 1 atom stereocenters. The summed E-state index contributed by atoms with van der Waals surface area (Å²) in [6.07, 6.45) is 1.75. The first-order valence-electron chi connectivity index (χ1n) is 9.32. The highest BCUT2D eigenvalue weighted by Crippen LogP contribution is 2.35. The summed E-state index contributed by atoms with van der Waals surface area (Å²) in [6.45, 7) is 4.05. The lowest BCUT2D eigenvalue weighted by atomic mass is 10.1. The summed E-state index contributed by atoms with van der Waals surface area (Å²) < 4.78 is 33.0. The maximum atomic E-state index is 13.6. The van der Waals surface area contributed by atoms with Gasteiger partial charge in [-0.25, -0.2) is 13.8 Å². The number of nitrogens with one attached hydrogen (secondary N) is 1. The van der Waals surface area contributed by atoms with Crippen LogP contribution in [0.3, 0.4) is 0 Å². The molecule has 0 fully saturated rings. The van der Waals surface area contributed by atoms with Crippen molar-refractivity contribution in [1.82, 2.24) is 15.0 Å². The van der Waals surface area contributed by atoms with Gasteiger partial charge < -0.3 is 14.8 Å². The largest absolute Gasteiger partial charge is 0.394 e. The lowest BCUT2D eigenvalue weighted by Gasteiger charge is -2.15. The van der Waals surface area contributed by atoms with Crippen LogP contribution in [-0.4, -0.2) is 33.3 Å². The van der Waals surface area contributed by atoms with Crippen LogP contribution < -0.4 is 0 Å². The molecule has 2 heterocycles. The number of halogens is 2. The van der Waals surface area contributed by atoms with Crippen molar-refractivity contribution in [2.75, 3.05) is 13.2 Å². The van der Waals surface area contributed by atoms with Crippen molar-refractivity contribution in [2.45, 2.75) is 42.2 Å². The van der Waals surface area contributed by atoms with Gasteiger partial charge in [-0.3, -0.25) is 4.98 Å². The van der Waals surface area contributed by atoms with Gasteiger partial charge in [-0.1, -0.05) is 31.7 Å². The first kappa shape index (κ1) is 21.4. The Hall–Kier alpha value is -2.29. The van der Waals surface area contributed by atoms with Crippen molar-refractivity contribution in [3.05, 3.63) is 71.4 Å². The summed E-state index contributed by atoms with van der Waals surface area (Å²) in [6, 6.07) is 9.04. The Morgan fingerprint density at radius 3 is 2.55 bits per heavy atom. The molecule has 2 N–H and O–H groups in total. The van der Waals surface area contributed by atoms with E-state index in [0.29, 0.717) is 22.2 Å². The van der Waals surface area contributed by atoms with Gasteiger partial charge in [0, 0.05) is 29.3 Å². The molecule has 0 bridgehead atoms. The van der Waals surface area contributed by atoms with E-state index < -0.39 is 17.7 Å². The summed E-state index contributed by atoms with van der Waals surface area (Å²) in [5.74, 6) is -0.572. The molecule has 154 valence electrons. The van der Waals surface area contributed by atoms with Crippen molar-refractivity contribution in [3.8, 4) is 0 Å². The second-order valence-electron chi connectivity index (χ2n) is 6.81. The average Bonchev–Trinajstić information content (AvgIpc) is 3.09. The Morgan fingerprint density at radius 2 is 1.93 bits per heavy atom. The number of hydrogen-bond acceptors (Lipinski definition) is 5. The fourth-order valence-corrected chi connectivity index (χ4v) is 3.97. The molecular formula is C21H23F2N3O2S. The standard InChI is InChI=1S/C21H23F2N3O2S/c1-13(2)19-21(29-17-10-14(22)9-15(23)11-17)26-20(25-19)18(28-8-7-27)12-16-5-3-4-6-24-16/h3-6,9-11,13,18,27H,7-8,12H2,1-2H3,(H,25,26). The Labute approximate surface area is 172 Å². The molecule has 0 saturated carbocycles. The maximum absolute atomic E-state index is 13.6. The summed E-state index contributed by atoms with van der Waals surface area (Å²) in [5, 5.41) is 9.88. The molecule has 0 radical (unpaired) electrons. The monoisotopic (exact) mass is 419 g/mol. The quantitative estimate of drug-likeness (QED) is 0.528. The summed E-state index contributed by atoms with van der Waals surface area (Å²) in [7, 11) is 0. The third kappa shape index (κ3) is 5.85. The van der Waals surface area contributed by atoms with Gasteiger partial charge in [0.15, 0.2) is 0 Å². The summed E-state index contributed by atoms with van der Waals surface area (Å²) in [4.78, 5) is 12.7. The number of aromatic nitrogens is 3. The third-order valence-electron chi connectivity index (χ3n) is 4.15. The van der Waals surface area contributed by atoms with Crippen molar-refractivity contribution >= 4 is 11.8 Å². The topological polar surface area (TPSA) is 71.0 Å². The lowest BCUT2D eigenvalue weighted by Crippen LogP contribution is -2.13. The molecular weight excluding hydrogens is 396 g/mol.